The zero-order valence-electron chi connectivity index (χ0n) is 10.8. The third-order valence-electron chi connectivity index (χ3n) is 3.09. The number of urea groups is 1. The maximum atomic E-state index is 11.6. The number of amides is 3. The summed E-state index contributed by atoms with van der Waals surface area (Å²) in [6.07, 6.45) is 1.21. The average molecular weight is 273 g/mol. The van der Waals surface area contributed by atoms with Gasteiger partial charge in [0.2, 0.25) is 5.91 Å². The van der Waals surface area contributed by atoms with Gasteiger partial charge in [-0.25, -0.2) is 9.59 Å². The predicted molar refractivity (Wildman–Crippen MR) is 65.4 cm³/mol. The van der Waals surface area contributed by atoms with Crippen molar-refractivity contribution in [3.8, 4) is 0 Å². The van der Waals surface area contributed by atoms with Gasteiger partial charge in [0.25, 0.3) is 0 Å². The molecular weight excluding hydrogens is 254 g/mol. The number of ether oxygens (including phenoxy) is 1. The number of rotatable bonds is 5. The molecule has 1 saturated heterocycles. The van der Waals surface area contributed by atoms with Gasteiger partial charge in [-0.15, -0.1) is 0 Å². The molecule has 3 amide bonds. The van der Waals surface area contributed by atoms with Gasteiger partial charge in [0.1, 0.15) is 6.61 Å². The SMILES string of the molecule is CC(C(=O)NC(N)=O)N1CCC(OCC(=O)O)CC1. The monoisotopic (exact) mass is 273 g/mol. The van der Waals surface area contributed by atoms with Gasteiger partial charge in [-0.2, -0.15) is 0 Å². The maximum Gasteiger partial charge on any atom is 0.329 e. The van der Waals surface area contributed by atoms with E-state index in [0.717, 1.165) is 0 Å². The van der Waals surface area contributed by atoms with E-state index in [4.69, 9.17) is 15.6 Å². The number of hydrogen-bond acceptors (Lipinski definition) is 5. The van der Waals surface area contributed by atoms with E-state index >= 15 is 0 Å². The van der Waals surface area contributed by atoms with Crippen molar-refractivity contribution in [3.63, 3.8) is 0 Å². The summed E-state index contributed by atoms with van der Waals surface area (Å²) in [5.41, 5.74) is 4.89. The van der Waals surface area contributed by atoms with Crippen LogP contribution in [0.5, 0.6) is 0 Å². The molecule has 1 atom stereocenters. The molecule has 108 valence electrons. The molecule has 1 unspecified atom stereocenters. The summed E-state index contributed by atoms with van der Waals surface area (Å²) >= 11 is 0. The van der Waals surface area contributed by atoms with Gasteiger partial charge in [-0.1, -0.05) is 0 Å². The minimum absolute atomic E-state index is 0.0984. The van der Waals surface area contributed by atoms with Gasteiger partial charge in [-0.3, -0.25) is 15.0 Å². The second kappa shape index (κ2) is 7.05. The standard InChI is InChI=1S/C11H19N3O5/c1-7(10(17)13-11(12)18)14-4-2-8(3-5-14)19-6-9(15)16/h7-8H,2-6H2,1H3,(H,15,16)(H3,12,13,17,18). The van der Waals surface area contributed by atoms with Crippen LogP contribution in [0.2, 0.25) is 0 Å². The van der Waals surface area contributed by atoms with E-state index in [9.17, 15) is 14.4 Å². The van der Waals surface area contributed by atoms with Crippen LogP contribution in [0.1, 0.15) is 19.8 Å². The highest BCUT2D eigenvalue weighted by Gasteiger charge is 2.27. The zero-order chi connectivity index (χ0) is 14.4. The van der Waals surface area contributed by atoms with Crippen LogP contribution >= 0.6 is 0 Å². The molecule has 0 aromatic rings. The second-order valence-electron chi connectivity index (χ2n) is 4.47. The van der Waals surface area contributed by atoms with Crippen LogP contribution in [0.4, 0.5) is 4.79 Å². The summed E-state index contributed by atoms with van der Waals surface area (Å²) < 4.78 is 5.20. The van der Waals surface area contributed by atoms with Crippen LogP contribution in [-0.2, 0) is 14.3 Å². The van der Waals surface area contributed by atoms with Gasteiger partial charge in [0.05, 0.1) is 12.1 Å². The van der Waals surface area contributed by atoms with E-state index in [-0.39, 0.29) is 12.7 Å². The minimum Gasteiger partial charge on any atom is -0.480 e. The molecule has 1 aliphatic heterocycles. The highest BCUT2D eigenvalue weighted by Crippen LogP contribution is 2.16. The second-order valence-corrected chi connectivity index (χ2v) is 4.47. The van der Waals surface area contributed by atoms with E-state index in [1.807, 2.05) is 10.2 Å². The number of primary amides is 1. The van der Waals surface area contributed by atoms with Crippen molar-refractivity contribution >= 4 is 17.9 Å². The molecule has 0 radical (unpaired) electrons. The number of imide groups is 1. The highest BCUT2D eigenvalue weighted by atomic mass is 16.5. The third kappa shape index (κ3) is 5.23. The quantitative estimate of drug-likeness (QED) is 0.599. The largest absolute Gasteiger partial charge is 0.480 e. The smallest absolute Gasteiger partial charge is 0.329 e. The van der Waals surface area contributed by atoms with Crippen LogP contribution in [0.15, 0.2) is 0 Å². The number of carboxylic acids is 1. The van der Waals surface area contributed by atoms with E-state index in [1.165, 1.54) is 0 Å². The van der Waals surface area contributed by atoms with Crippen molar-refractivity contribution in [2.75, 3.05) is 19.7 Å². The molecule has 0 aromatic carbocycles. The topological polar surface area (TPSA) is 122 Å². The van der Waals surface area contributed by atoms with Gasteiger partial charge in [0.15, 0.2) is 0 Å². The molecular formula is C11H19N3O5. The van der Waals surface area contributed by atoms with E-state index in [2.05, 4.69) is 0 Å². The Bertz CT molecular complexity index is 352. The minimum atomic E-state index is -0.989. The molecule has 1 heterocycles. The number of likely N-dealkylation sites (tertiary alicyclic amines) is 1. The lowest BCUT2D eigenvalue weighted by Crippen LogP contribution is -2.51. The fourth-order valence-electron chi connectivity index (χ4n) is 2.01. The number of hydrogen-bond donors (Lipinski definition) is 3. The number of nitrogens with two attached hydrogens (primary N) is 1. The molecule has 0 aliphatic carbocycles. The highest BCUT2D eigenvalue weighted by molar-refractivity contribution is 5.96. The van der Waals surface area contributed by atoms with Crippen LogP contribution in [0.3, 0.4) is 0 Å². The molecule has 0 saturated carbocycles. The molecule has 0 spiro atoms. The molecule has 0 aromatic heterocycles. The summed E-state index contributed by atoms with van der Waals surface area (Å²) in [6.45, 7) is 2.61. The zero-order valence-corrected chi connectivity index (χ0v) is 10.8. The molecule has 1 aliphatic rings. The van der Waals surface area contributed by atoms with Crippen molar-refractivity contribution in [3.05, 3.63) is 0 Å². The Morgan fingerprint density at radius 1 is 1.42 bits per heavy atom. The van der Waals surface area contributed by atoms with Crippen LogP contribution in [0.25, 0.3) is 0 Å². The van der Waals surface area contributed by atoms with Crippen LogP contribution in [-0.4, -0.2) is 59.8 Å². The summed E-state index contributed by atoms with van der Waals surface area (Å²) in [6, 6.07) is -1.32. The summed E-state index contributed by atoms with van der Waals surface area (Å²) in [5, 5.41) is 10.5. The molecule has 1 rings (SSSR count). The van der Waals surface area contributed by atoms with Gasteiger partial charge >= 0.3 is 12.0 Å². The van der Waals surface area contributed by atoms with Gasteiger partial charge < -0.3 is 15.6 Å². The number of carbonyl (C=O) groups is 3. The first kappa shape index (κ1) is 15.4. The molecule has 8 heteroatoms. The first-order valence-electron chi connectivity index (χ1n) is 6.08. The molecule has 19 heavy (non-hydrogen) atoms. The Balaban J connectivity index is 2.34. The molecule has 0 bridgehead atoms. The molecule has 8 nitrogen and oxygen atoms in total. The first-order chi connectivity index (χ1) is 8.90. The summed E-state index contributed by atoms with van der Waals surface area (Å²) in [4.78, 5) is 34.5. The number of nitrogens with zero attached hydrogens (tertiary/aromatic N) is 1. The number of piperidine rings is 1. The lowest BCUT2D eigenvalue weighted by Gasteiger charge is -2.34. The lowest BCUT2D eigenvalue weighted by molar-refractivity contribution is -0.145. The van der Waals surface area contributed by atoms with Gasteiger partial charge in [-0.05, 0) is 19.8 Å². The fourth-order valence-corrected chi connectivity index (χ4v) is 2.01. The summed E-state index contributed by atoms with van der Waals surface area (Å²) in [5.74, 6) is -1.42. The Labute approximate surface area is 110 Å². The summed E-state index contributed by atoms with van der Waals surface area (Å²) in [7, 11) is 0. The first-order valence-corrected chi connectivity index (χ1v) is 6.08. The van der Waals surface area contributed by atoms with Crippen LogP contribution in [0, 0.1) is 0 Å². The van der Waals surface area contributed by atoms with Crippen molar-refractivity contribution in [1.29, 1.82) is 0 Å². The Morgan fingerprint density at radius 2 is 2.00 bits per heavy atom. The number of carboxylic acid groups (broad SMARTS) is 1. The number of carbonyl (C=O) groups excluding carboxylic acids is 2. The number of aliphatic carboxylic acids is 1. The Kier molecular flexibility index (Phi) is 5.71. The normalized spacial score (nSPS) is 18.8. The number of nitrogens with one attached hydrogen (secondary N) is 1. The molecule has 1 fully saturated rings. The van der Waals surface area contributed by atoms with Gasteiger partial charge in [0, 0.05) is 13.1 Å². The Hall–Kier alpha value is -1.67. The third-order valence-corrected chi connectivity index (χ3v) is 3.09. The Morgan fingerprint density at radius 3 is 2.47 bits per heavy atom. The van der Waals surface area contributed by atoms with Crippen molar-refractivity contribution in [2.45, 2.75) is 31.9 Å². The van der Waals surface area contributed by atoms with E-state index in [0.29, 0.717) is 25.9 Å². The predicted octanol–water partition coefficient (Wildman–Crippen LogP) is -0.865. The van der Waals surface area contributed by atoms with Crippen LogP contribution < -0.4 is 11.1 Å². The van der Waals surface area contributed by atoms with Crippen molar-refractivity contribution in [1.82, 2.24) is 10.2 Å². The van der Waals surface area contributed by atoms with E-state index in [1.54, 1.807) is 6.92 Å². The lowest BCUT2D eigenvalue weighted by atomic mass is 10.1. The van der Waals surface area contributed by atoms with Crippen molar-refractivity contribution < 1.29 is 24.2 Å². The maximum absolute atomic E-state index is 11.6. The fraction of sp³-hybridized carbons (Fsp3) is 0.727. The van der Waals surface area contributed by atoms with E-state index < -0.39 is 23.9 Å². The average Bonchev–Trinajstić information content (AvgIpc) is 2.35. The molecule has 4 N–H and O–H groups in total. The van der Waals surface area contributed by atoms with Crippen molar-refractivity contribution in [2.24, 2.45) is 5.73 Å².